The molecule has 1 fully saturated rings. The van der Waals surface area contributed by atoms with E-state index in [0.717, 1.165) is 19.6 Å². The Hall–Kier alpha value is -0.420. The van der Waals surface area contributed by atoms with E-state index in [0.29, 0.717) is 0 Å². The van der Waals surface area contributed by atoms with Crippen LogP contribution < -0.4 is 5.32 Å². The van der Waals surface area contributed by atoms with Gasteiger partial charge in [0.2, 0.25) is 0 Å². The van der Waals surface area contributed by atoms with Gasteiger partial charge in [-0.2, -0.15) is 0 Å². The van der Waals surface area contributed by atoms with Crippen molar-refractivity contribution in [2.24, 2.45) is 0 Å². The first-order chi connectivity index (χ1) is 6.77. The molecule has 14 heavy (non-hydrogen) atoms. The highest BCUT2D eigenvalue weighted by molar-refractivity contribution is 7.09. The number of nitrogens with zero attached hydrogens (tertiary/aromatic N) is 1. The van der Waals surface area contributed by atoms with Crippen molar-refractivity contribution < 1.29 is 5.11 Å². The van der Waals surface area contributed by atoms with Crippen molar-refractivity contribution in [2.45, 2.75) is 18.7 Å². The highest BCUT2D eigenvalue weighted by atomic mass is 32.1. The first-order valence-electron chi connectivity index (χ1n) is 4.89. The van der Waals surface area contributed by atoms with Crippen molar-refractivity contribution in [3.63, 3.8) is 0 Å². The van der Waals surface area contributed by atoms with E-state index in [1.165, 1.54) is 4.88 Å². The number of aliphatic hydroxyl groups is 1. The Balaban J connectivity index is 1.92. The van der Waals surface area contributed by atoms with Crippen LogP contribution >= 0.6 is 11.3 Å². The van der Waals surface area contributed by atoms with E-state index < -0.39 is 0 Å². The number of rotatable bonds is 3. The SMILES string of the molecule is CN(Cc1cccs1)C1CNCC1O. The normalized spacial score (nSPS) is 27.4. The van der Waals surface area contributed by atoms with Gasteiger partial charge in [-0.15, -0.1) is 11.3 Å². The van der Waals surface area contributed by atoms with Crippen molar-refractivity contribution in [3.8, 4) is 0 Å². The molecule has 0 aromatic carbocycles. The molecule has 1 aromatic heterocycles. The summed E-state index contributed by atoms with van der Waals surface area (Å²) in [5, 5.41) is 15.0. The van der Waals surface area contributed by atoms with E-state index >= 15 is 0 Å². The lowest BCUT2D eigenvalue weighted by Gasteiger charge is -2.25. The summed E-state index contributed by atoms with van der Waals surface area (Å²) in [7, 11) is 2.07. The Kier molecular flexibility index (Phi) is 3.18. The predicted molar refractivity (Wildman–Crippen MR) is 58.5 cm³/mol. The second kappa shape index (κ2) is 4.40. The predicted octanol–water partition coefficient (Wildman–Crippen LogP) is 0.513. The monoisotopic (exact) mass is 212 g/mol. The van der Waals surface area contributed by atoms with E-state index in [9.17, 15) is 5.11 Å². The van der Waals surface area contributed by atoms with Crippen LogP contribution in [0.4, 0.5) is 0 Å². The third kappa shape index (κ3) is 2.15. The lowest BCUT2D eigenvalue weighted by atomic mass is 10.2. The molecular formula is C10H16N2OS. The molecule has 1 saturated heterocycles. The zero-order valence-electron chi connectivity index (χ0n) is 8.31. The number of nitrogens with one attached hydrogen (secondary N) is 1. The third-order valence-corrected chi connectivity index (χ3v) is 3.56. The van der Waals surface area contributed by atoms with Crippen LogP contribution in [0.15, 0.2) is 17.5 Å². The minimum atomic E-state index is -0.222. The molecule has 0 bridgehead atoms. The van der Waals surface area contributed by atoms with Crippen molar-refractivity contribution in [1.82, 2.24) is 10.2 Å². The van der Waals surface area contributed by atoms with Crippen LogP contribution in [0.1, 0.15) is 4.88 Å². The molecule has 78 valence electrons. The number of hydrogen-bond donors (Lipinski definition) is 2. The van der Waals surface area contributed by atoms with Gasteiger partial charge in [0.05, 0.1) is 6.10 Å². The van der Waals surface area contributed by atoms with Crippen molar-refractivity contribution in [2.75, 3.05) is 20.1 Å². The molecular weight excluding hydrogens is 196 g/mol. The van der Waals surface area contributed by atoms with Gasteiger partial charge in [0, 0.05) is 30.6 Å². The smallest absolute Gasteiger partial charge is 0.0831 e. The summed E-state index contributed by atoms with van der Waals surface area (Å²) in [6, 6.07) is 4.46. The Morgan fingerprint density at radius 3 is 3.07 bits per heavy atom. The Labute approximate surface area is 88.4 Å². The van der Waals surface area contributed by atoms with Crippen LogP contribution in [-0.4, -0.2) is 42.3 Å². The van der Waals surface area contributed by atoms with Crippen LogP contribution in [-0.2, 0) is 6.54 Å². The fourth-order valence-electron chi connectivity index (χ4n) is 1.87. The molecule has 2 rings (SSSR count). The Morgan fingerprint density at radius 1 is 1.64 bits per heavy atom. The molecule has 1 aromatic rings. The van der Waals surface area contributed by atoms with Crippen LogP contribution in [0.2, 0.25) is 0 Å². The molecule has 2 heterocycles. The van der Waals surface area contributed by atoms with Gasteiger partial charge in [-0.05, 0) is 18.5 Å². The van der Waals surface area contributed by atoms with Crippen molar-refractivity contribution >= 4 is 11.3 Å². The average molecular weight is 212 g/mol. The molecule has 0 saturated carbocycles. The molecule has 1 aliphatic heterocycles. The Morgan fingerprint density at radius 2 is 2.50 bits per heavy atom. The zero-order chi connectivity index (χ0) is 9.97. The second-order valence-corrected chi connectivity index (χ2v) is 4.82. The van der Waals surface area contributed by atoms with Gasteiger partial charge >= 0.3 is 0 Å². The molecule has 1 aliphatic rings. The largest absolute Gasteiger partial charge is 0.390 e. The fourth-order valence-corrected chi connectivity index (χ4v) is 2.63. The van der Waals surface area contributed by atoms with Gasteiger partial charge in [-0.3, -0.25) is 4.90 Å². The Bertz CT molecular complexity index is 276. The van der Waals surface area contributed by atoms with Crippen LogP contribution in [0, 0.1) is 0 Å². The maximum Gasteiger partial charge on any atom is 0.0831 e. The highest BCUT2D eigenvalue weighted by Gasteiger charge is 2.28. The maximum absolute atomic E-state index is 9.69. The maximum atomic E-state index is 9.69. The van der Waals surface area contributed by atoms with Gasteiger partial charge < -0.3 is 10.4 Å². The molecule has 3 nitrogen and oxygen atoms in total. The lowest BCUT2D eigenvalue weighted by Crippen LogP contribution is -2.39. The average Bonchev–Trinajstić information content (AvgIpc) is 2.75. The quantitative estimate of drug-likeness (QED) is 0.766. The molecule has 2 atom stereocenters. The van der Waals surface area contributed by atoms with E-state index in [1.54, 1.807) is 11.3 Å². The fraction of sp³-hybridized carbons (Fsp3) is 0.600. The molecule has 2 unspecified atom stereocenters. The van der Waals surface area contributed by atoms with E-state index in [1.807, 2.05) is 0 Å². The summed E-state index contributed by atoms with van der Waals surface area (Å²) >= 11 is 1.77. The van der Waals surface area contributed by atoms with Gasteiger partial charge in [0.1, 0.15) is 0 Å². The highest BCUT2D eigenvalue weighted by Crippen LogP contribution is 2.15. The van der Waals surface area contributed by atoms with E-state index in [-0.39, 0.29) is 12.1 Å². The summed E-state index contributed by atoms with van der Waals surface area (Å²) in [4.78, 5) is 3.57. The number of hydrogen-bond acceptors (Lipinski definition) is 4. The van der Waals surface area contributed by atoms with Gasteiger partial charge in [0.15, 0.2) is 0 Å². The molecule has 2 N–H and O–H groups in total. The van der Waals surface area contributed by atoms with Gasteiger partial charge in [-0.25, -0.2) is 0 Å². The number of likely N-dealkylation sites (N-methyl/N-ethyl adjacent to an activating group) is 1. The van der Waals surface area contributed by atoms with Crippen LogP contribution in [0.25, 0.3) is 0 Å². The summed E-state index contributed by atoms with van der Waals surface area (Å²) < 4.78 is 0. The summed E-state index contributed by atoms with van der Waals surface area (Å²) in [6.45, 7) is 2.55. The number of β-amino-alcohol motifs (C(OH)–C–C–N with tert-alkyl or cyclic N) is 1. The zero-order valence-corrected chi connectivity index (χ0v) is 9.13. The van der Waals surface area contributed by atoms with Crippen molar-refractivity contribution in [3.05, 3.63) is 22.4 Å². The number of aliphatic hydroxyl groups excluding tert-OH is 1. The molecule has 0 amide bonds. The molecule has 4 heteroatoms. The lowest BCUT2D eigenvalue weighted by molar-refractivity contribution is 0.0961. The van der Waals surface area contributed by atoms with E-state index in [2.05, 4.69) is 34.8 Å². The number of thiophene rings is 1. The molecule has 0 spiro atoms. The third-order valence-electron chi connectivity index (χ3n) is 2.70. The topological polar surface area (TPSA) is 35.5 Å². The van der Waals surface area contributed by atoms with Gasteiger partial charge in [0.25, 0.3) is 0 Å². The van der Waals surface area contributed by atoms with Crippen LogP contribution in [0.5, 0.6) is 0 Å². The van der Waals surface area contributed by atoms with Gasteiger partial charge in [-0.1, -0.05) is 6.07 Å². The van der Waals surface area contributed by atoms with Crippen LogP contribution in [0.3, 0.4) is 0 Å². The summed E-state index contributed by atoms with van der Waals surface area (Å²) in [5.41, 5.74) is 0. The standard InChI is InChI=1S/C10H16N2OS/c1-12(7-8-3-2-4-14-8)9-5-11-6-10(9)13/h2-4,9-11,13H,5-7H2,1H3. The first-order valence-corrected chi connectivity index (χ1v) is 5.77. The molecule has 0 radical (unpaired) electrons. The molecule has 0 aliphatic carbocycles. The minimum Gasteiger partial charge on any atom is -0.390 e. The summed E-state index contributed by atoms with van der Waals surface area (Å²) in [5.74, 6) is 0. The second-order valence-electron chi connectivity index (χ2n) is 3.79. The minimum absolute atomic E-state index is 0.222. The van der Waals surface area contributed by atoms with Crippen molar-refractivity contribution in [1.29, 1.82) is 0 Å². The summed E-state index contributed by atoms with van der Waals surface area (Å²) in [6.07, 6.45) is -0.222. The first kappa shape index (κ1) is 10.1. The van der Waals surface area contributed by atoms with E-state index in [4.69, 9.17) is 0 Å².